The maximum Gasteiger partial charge on any atom is 0.269 e. The minimum absolute atomic E-state index is 0.155. The summed E-state index contributed by atoms with van der Waals surface area (Å²) in [6.45, 7) is 0. The topological polar surface area (TPSA) is 73.8 Å². The van der Waals surface area contributed by atoms with Crippen LogP contribution in [0.2, 0.25) is 0 Å². The Kier molecular flexibility index (Phi) is 2.55. The third kappa shape index (κ3) is 1.75. The van der Waals surface area contributed by atoms with Crippen molar-refractivity contribution in [3.05, 3.63) is 52.6 Å². The number of nitro groups is 1. The molecule has 0 saturated heterocycles. The van der Waals surface area contributed by atoms with Crippen LogP contribution in [-0.2, 0) is 0 Å². The molecular formula is C12H12N4O2. The molecule has 92 valence electrons. The van der Waals surface area contributed by atoms with Crippen molar-refractivity contribution in [2.24, 2.45) is 0 Å². The molecule has 2 aromatic rings. The molecule has 18 heavy (non-hydrogen) atoms. The van der Waals surface area contributed by atoms with E-state index >= 15 is 0 Å². The molecule has 0 bridgehead atoms. The first-order chi connectivity index (χ1) is 8.75. The Morgan fingerprint density at radius 1 is 1.28 bits per heavy atom. The van der Waals surface area contributed by atoms with Gasteiger partial charge in [-0.2, -0.15) is 0 Å². The maximum atomic E-state index is 10.8. The van der Waals surface area contributed by atoms with E-state index in [0.717, 1.165) is 18.4 Å². The van der Waals surface area contributed by atoms with Gasteiger partial charge >= 0.3 is 0 Å². The molecule has 1 aromatic carbocycles. The number of rotatable bonds is 3. The van der Waals surface area contributed by atoms with Crippen LogP contribution in [0.1, 0.15) is 30.4 Å². The summed E-state index contributed by atoms with van der Waals surface area (Å²) in [7, 11) is 0. The monoisotopic (exact) mass is 244 g/mol. The molecule has 1 heterocycles. The Balaban J connectivity index is 1.87. The fourth-order valence-electron chi connectivity index (χ4n) is 2.48. The zero-order valence-electron chi connectivity index (χ0n) is 9.64. The highest BCUT2D eigenvalue weighted by molar-refractivity contribution is 5.37. The first-order valence-corrected chi connectivity index (χ1v) is 5.84. The van der Waals surface area contributed by atoms with Gasteiger partial charge in [0.2, 0.25) is 0 Å². The molecule has 1 aliphatic carbocycles. The maximum absolute atomic E-state index is 10.8. The molecular weight excluding hydrogens is 232 g/mol. The van der Waals surface area contributed by atoms with Crippen LogP contribution in [0.3, 0.4) is 0 Å². The third-order valence-corrected chi connectivity index (χ3v) is 3.57. The van der Waals surface area contributed by atoms with Crippen molar-refractivity contribution in [2.75, 3.05) is 0 Å². The lowest BCUT2D eigenvalue weighted by atomic mass is 9.75. The lowest BCUT2D eigenvalue weighted by Crippen LogP contribution is -2.26. The summed E-state index contributed by atoms with van der Waals surface area (Å²) in [5, 5.41) is 18.4. The van der Waals surface area contributed by atoms with E-state index in [2.05, 4.69) is 10.2 Å². The number of non-ortho nitro benzene ring substituents is 1. The van der Waals surface area contributed by atoms with E-state index in [4.69, 9.17) is 0 Å². The van der Waals surface area contributed by atoms with E-state index in [0.29, 0.717) is 12.0 Å². The minimum atomic E-state index is -0.351. The van der Waals surface area contributed by atoms with Crippen molar-refractivity contribution in [2.45, 2.75) is 24.8 Å². The number of hydrogen-bond donors (Lipinski definition) is 0. The van der Waals surface area contributed by atoms with Gasteiger partial charge in [-0.1, -0.05) is 12.1 Å². The van der Waals surface area contributed by atoms with Crippen LogP contribution in [0.5, 0.6) is 0 Å². The van der Waals surface area contributed by atoms with E-state index in [1.165, 1.54) is 6.07 Å². The van der Waals surface area contributed by atoms with Crippen molar-refractivity contribution >= 4 is 5.69 Å². The van der Waals surface area contributed by atoms with Gasteiger partial charge in [0, 0.05) is 24.1 Å². The molecule has 0 spiro atoms. The summed E-state index contributed by atoms with van der Waals surface area (Å²) in [5.74, 6) is 0.320. The van der Waals surface area contributed by atoms with Crippen molar-refractivity contribution in [3.8, 4) is 0 Å². The predicted molar refractivity (Wildman–Crippen MR) is 64.1 cm³/mol. The Morgan fingerprint density at radius 3 is 2.67 bits per heavy atom. The predicted octanol–water partition coefficient (Wildman–Crippen LogP) is 2.30. The van der Waals surface area contributed by atoms with Crippen LogP contribution in [0.25, 0.3) is 0 Å². The van der Waals surface area contributed by atoms with E-state index < -0.39 is 0 Å². The van der Waals surface area contributed by atoms with Crippen molar-refractivity contribution in [1.29, 1.82) is 0 Å². The molecule has 0 aliphatic heterocycles. The number of benzene rings is 1. The van der Waals surface area contributed by atoms with Crippen LogP contribution in [0, 0.1) is 10.1 Å². The van der Waals surface area contributed by atoms with E-state index in [-0.39, 0.29) is 10.6 Å². The fraction of sp³-hybridized carbons (Fsp3) is 0.333. The highest BCUT2D eigenvalue weighted by atomic mass is 16.6. The van der Waals surface area contributed by atoms with E-state index in [1.807, 2.05) is 10.6 Å². The van der Waals surface area contributed by atoms with Gasteiger partial charge in [0.15, 0.2) is 0 Å². The van der Waals surface area contributed by atoms with Gasteiger partial charge in [-0.3, -0.25) is 10.1 Å². The van der Waals surface area contributed by atoms with Crippen LogP contribution in [0.15, 0.2) is 36.9 Å². The molecule has 1 saturated carbocycles. The van der Waals surface area contributed by atoms with Crippen molar-refractivity contribution < 1.29 is 4.92 Å². The van der Waals surface area contributed by atoms with Gasteiger partial charge in [0.1, 0.15) is 12.7 Å². The highest BCUT2D eigenvalue weighted by Gasteiger charge is 2.34. The second-order valence-electron chi connectivity index (χ2n) is 4.51. The summed E-state index contributed by atoms with van der Waals surface area (Å²) < 4.78 is 1.98. The lowest BCUT2D eigenvalue weighted by molar-refractivity contribution is -0.384. The van der Waals surface area contributed by atoms with Crippen LogP contribution < -0.4 is 0 Å². The van der Waals surface area contributed by atoms with E-state index in [9.17, 15) is 10.1 Å². The Morgan fingerprint density at radius 2 is 2.06 bits per heavy atom. The quantitative estimate of drug-likeness (QED) is 0.613. The Labute approximate surface area is 103 Å². The van der Waals surface area contributed by atoms with Gasteiger partial charge in [-0.25, -0.2) is 0 Å². The number of nitrogens with zero attached hydrogens (tertiary/aromatic N) is 4. The summed E-state index contributed by atoms with van der Waals surface area (Å²) in [6, 6.07) is 7.21. The van der Waals surface area contributed by atoms with Gasteiger partial charge in [-0.15, -0.1) is 10.2 Å². The number of hydrogen-bond acceptors (Lipinski definition) is 4. The molecule has 6 heteroatoms. The van der Waals surface area contributed by atoms with Crippen molar-refractivity contribution in [3.63, 3.8) is 0 Å². The first-order valence-electron chi connectivity index (χ1n) is 5.84. The van der Waals surface area contributed by atoms with Gasteiger partial charge in [0.25, 0.3) is 5.69 Å². The summed E-state index contributed by atoms with van der Waals surface area (Å²) in [5.41, 5.74) is 1.18. The second kappa shape index (κ2) is 4.21. The SMILES string of the molecule is O=[N+]([O-])c1cccc([C@@H]2CC[C@H]2n2cnnc2)c1. The standard InChI is InChI=1S/C12H12N4O2/c17-16(18)10-3-1-2-9(6-10)11-4-5-12(11)15-7-13-14-8-15/h1-3,6-8,11-12H,4-5H2/t11-,12+/m0/s1. The first kappa shape index (κ1) is 10.9. The third-order valence-electron chi connectivity index (χ3n) is 3.57. The van der Waals surface area contributed by atoms with Crippen LogP contribution in [-0.4, -0.2) is 19.7 Å². The summed E-state index contributed by atoms with van der Waals surface area (Å²) in [6.07, 6.45) is 5.51. The molecule has 6 nitrogen and oxygen atoms in total. The molecule has 3 rings (SSSR count). The van der Waals surface area contributed by atoms with Crippen LogP contribution >= 0.6 is 0 Å². The lowest BCUT2D eigenvalue weighted by Gasteiger charge is -2.37. The second-order valence-corrected chi connectivity index (χ2v) is 4.51. The Bertz CT molecular complexity index is 567. The molecule has 2 atom stereocenters. The molecule has 1 fully saturated rings. The number of nitro benzene ring substituents is 1. The van der Waals surface area contributed by atoms with Crippen LogP contribution in [0.4, 0.5) is 5.69 Å². The summed E-state index contributed by atoms with van der Waals surface area (Å²) >= 11 is 0. The number of aromatic nitrogens is 3. The van der Waals surface area contributed by atoms with Gasteiger partial charge in [-0.05, 0) is 18.4 Å². The smallest absolute Gasteiger partial charge is 0.269 e. The Hall–Kier alpha value is -2.24. The average molecular weight is 244 g/mol. The zero-order valence-corrected chi connectivity index (χ0v) is 9.64. The zero-order chi connectivity index (χ0) is 12.5. The minimum Gasteiger partial charge on any atom is -0.316 e. The molecule has 1 aromatic heterocycles. The highest BCUT2D eigenvalue weighted by Crippen LogP contribution is 2.46. The molecule has 0 unspecified atom stereocenters. The summed E-state index contributed by atoms with van der Waals surface area (Å²) in [4.78, 5) is 10.4. The van der Waals surface area contributed by atoms with E-state index in [1.54, 1.807) is 24.8 Å². The largest absolute Gasteiger partial charge is 0.316 e. The van der Waals surface area contributed by atoms with Gasteiger partial charge < -0.3 is 4.57 Å². The fourth-order valence-corrected chi connectivity index (χ4v) is 2.48. The normalized spacial score (nSPS) is 22.4. The van der Waals surface area contributed by atoms with Gasteiger partial charge in [0.05, 0.1) is 4.92 Å². The molecule has 0 radical (unpaired) electrons. The van der Waals surface area contributed by atoms with Crippen molar-refractivity contribution in [1.82, 2.24) is 14.8 Å². The molecule has 0 N–H and O–H groups in total. The molecule has 1 aliphatic rings. The average Bonchev–Trinajstić information content (AvgIpc) is 2.81. The molecule has 0 amide bonds.